The van der Waals surface area contributed by atoms with Gasteiger partial charge >= 0.3 is 0 Å². The van der Waals surface area contributed by atoms with Crippen molar-refractivity contribution in [3.8, 4) is 0 Å². The van der Waals surface area contributed by atoms with Gasteiger partial charge in [0.2, 0.25) is 5.91 Å². The highest BCUT2D eigenvalue weighted by Crippen LogP contribution is 2.17. The van der Waals surface area contributed by atoms with Gasteiger partial charge in [0, 0.05) is 22.0 Å². The summed E-state index contributed by atoms with van der Waals surface area (Å²) in [5.41, 5.74) is 8.80. The Morgan fingerprint density at radius 1 is 0.939 bits per heavy atom. The predicted molar refractivity (Wildman–Crippen MR) is 138 cm³/mol. The molecule has 0 heterocycles. The number of aryl methyl sites for hydroxylation is 2. The van der Waals surface area contributed by atoms with Crippen LogP contribution in [0.2, 0.25) is 5.02 Å². The topological polar surface area (TPSA) is 70.6 Å². The van der Waals surface area contributed by atoms with Gasteiger partial charge in [0.05, 0.1) is 11.5 Å². The van der Waals surface area contributed by atoms with Crippen LogP contribution in [0.4, 0.5) is 5.69 Å². The Kier molecular flexibility index (Phi) is 8.69. The molecule has 170 valence electrons. The van der Waals surface area contributed by atoms with Crippen LogP contribution < -0.4 is 10.7 Å². The molecule has 7 heteroatoms. The highest BCUT2D eigenvalue weighted by molar-refractivity contribution is 7.99. The Balaban J connectivity index is 1.53. The van der Waals surface area contributed by atoms with Crippen LogP contribution >= 0.6 is 23.4 Å². The fourth-order valence-corrected chi connectivity index (χ4v) is 4.26. The van der Waals surface area contributed by atoms with Gasteiger partial charge in [0.15, 0.2) is 0 Å². The highest BCUT2D eigenvalue weighted by Gasteiger charge is 2.08. The van der Waals surface area contributed by atoms with Gasteiger partial charge in [-0.25, -0.2) is 5.43 Å². The number of nitrogens with zero attached hydrogens (tertiary/aromatic N) is 1. The van der Waals surface area contributed by atoms with Crippen molar-refractivity contribution in [2.24, 2.45) is 5.10 Å². The fraction of sp³-hybridized carbons (Fsp3) is 0.192. The normalized spacial score (nSPS) is 11.2. The average molecular weight is 480 g/mol. The minimum absolute atomic E-state index is 0.158. The third-order valence-electron chi connectivity index (χ3n) is 4.76. The van der Waals surface area contributed by atoms with Crippen LogP contribution in [-0.2, 0) is 10.5 Å². The van der Waals surface area contributed by atoms with E-state index in [9.17, 15) is 9.59 Å². The number of halogens is 1. The molecule has 0 spiro atoms. The quantitative estimate of drug-likeness (QED) is 0.308. The third-order valence-corrected chi connectivity index (χ3v) is 6.00. The first-order valence-corrected chi connectivity index (χ1v) is 12.0. The minimum Gasteiger partial charge on any atom is -0.322 e. The molecule has 0 fully saturated rings. The molecule has 0 aliphatic heterocycles. The molecule has 0 unspecified atom stereocenters. The molecule has 2 amide bonds. The van der Waals surface area contributed by atoms with Crippen LogP contribution in [0.3, 0.4) is 0 Å². The van der Waals surface area contributed by atoms with E-state index in [0.717, 1.165) is 11.3 Å². The molecule has 33 heavy (non-hydrogen) atoms. The van der Waals surface area contributed by atoms with Crippen molar-refractivity contribution >= 4 is 46.6 Å². The van der Waals surface area contributed by atoms with Crippen LogP contribution in [0, 0.1) is 13.8 Å². The number of carbonyl (C=O) groups excluding carboxylic acids is 2. The highest BCUT2D eigenvalue weighted by atomic mass is 35.5. The molecule has 0 aliphatic carbocycles. The molecule has 2 N–H and O–H groups in total. The molecule has 0 bridgehead atoms. The number of rotatable bonds is 8. The van der Waals surface area contributed by atoms with E-state index in [2.05, 4.69) is 47.9 Å². The molecule has 3 rings (SSSR count). The lowest BCUT2D eigenvalue weighted by molar-refractivity contribution is -0.118. The summed E-state index contributed by atoms with van der Waals surface area (Å²) in [7, 11) is 0. The molecule has 5 nitrogen and oxygen atoms in total. The maximum Gasteiger partial charge on any atom is 0.255 e. The zero-order valence-electron chi connectivity index (χ0n) is 18.8. The fourth-order valence-electron chi connectivity index (χ4n) is 3.31. The number of carbonyl (C=O) groups is 2. The Morgan fingerprint density at radius 3 is 2.36 bits per heavy atom. The van der Waals surface area contributed by atoms with E-state index in [4.69, 9.17) is 11.6 Å². The summed E-state index contributed by atoms with van der Waals surface area (Å²) < 4.78 is 0. The summed E-state index contributed by atoms with van der Waals surface area (Å²) in [6.07, 6.45) is 0. The Morgan fingerprint density at radius 2 is 1.64 bits per heavy atom. The molecule has 3 aromatic rings. The molecule has 0 aromatic heterocycles. The summed E-state index contributed by atoms with van der Waals surface area (Å²) in [6, 6.07) is 20.5. The molecule has 0 saturated heterocycles. The lowest BCUT2D eigenvalue weighted by Crippen LogP contribution is -2.21. The summed E-state index contributed by atoms with van der Waals surface area (Å²) in [6.45, 7) is 5.95. The molecular formula is C26H26ClN3O2S. The summed E-state index contributed by atoms with van der Waals surface area (Å²) in [5.74, 6) is 0.680. The SMILES string of the molecule is C/C(=N/NC(=O)CSCc1cc(C)cc(C)c1)c1cccc(NC(=O)c2cccc(Cl)c2)c1. The molecule has 3 aromatic carbocycles. The first kappa shape index (κ1) is 24.6. The largest absolute Gasteiger partial charge is 0.322 e. The first-order valence-electron chi connectivity index (χ1n) is 10.5. The van der Waals surface area contributed by atoms with E-state index in [-0.39, 0.29) is 11.8 Å². The number of benzene rings is 3. The number of hydrogen-bond donors (Lipinski definition) is 2. The second-order valence-corrected chi connectivity index (χ2v) is 9.19. The van der Waals surface area contributed by atoms with Crippen molar-refractivity contribution in [1.82, 2.24) is 5.43 Å². The average Bonchev–Trinajstić information content (AvgIpc) is 2.77. The van der Waals surface area contributed by atoms with Crippen LogP contribution in [0.5, 0.6) is 0 Å². The van der Waals surface area contributed by atoms with E-state index in [1.807, 2.05) is 18.2 Å². The van der Waals surface area contributed by atoms with Gasteiger partial charge in [-0.3, -0.25) is 9.59 Å². The Labute approximate surface area is 203 Å². The monoisotopic (exact) mass is 479 g/mol. The number of amides is 2. The van der Waals surface area contributed by atoms with Crippen molar-refractivity contribution in [3.63, 3.8) is 0 Å². The maximum absolute atomic E-state index is 12.4. The standard InChI is InChI=1S/C26H26ClN3O2S/c1-17-10-18(2)12-20(11-17)15-33-16-25(31)30-29-19(3)21-6-5-9-24(14-21)28-26(32)22-7-4-8-23(27)13-22/h4-14H,15-16H2,1-3H3,(H,28,32)(H,30,31)/b29-19-. The summed E-state index contributed by atoms with van der Waals surface area (Å²) in [5, 5.41) is 7.57. The van der Waals surface area contributed by atoms with E-state index >= 15 is 0 Å². The number of nitrogens with one attached hydrogen (secondary N) is 2. The lowest BCUT2D eigenvalue weighted by atomic mass is 10.1. The number of anilines is 1. The zero-order valence-corrected chi connectivity index (χ0v) is 20.4. The molecule has 0 radical (unpaired) electrons. The van der Waals surface area contributed by atoms with Crippen LogP contribution in [-0.4, -0.2) is 23.3 Å². The van der Waals surface area contributed by atoms with Gasteiger partial charge in [-0.05, 0) is 62.2 Å². The lowest BCUT2D eigenvalue weighted by Gasteiger charge is -2.08. The van der Waals surface area contributed by atoms with Gasteiger partial charge in [-0.15, -0.1) is 11.8 Å². The molecule has 0 saturated carbocycles. The van der Waals surface area contributed by atoms with Crippen LogP contribution in [0.15, 0.2) is 71.8 Å². The number of hydrogen-bond acceptors (Lipinski definition) is 4. The van der Waals surface area contributed by atoms with Gasteiger partial charge in [-0.2, -0.15) is 5.10 Å². The second-order valence-electron chi connectivity index (χ2n) is 7.77. The van der Waals surface area contributed by atoms with Crippen molar-refractivity contribution in [3.05, 3.63) is 99.6 Å². The Bertz CT molecular complexity index is 1170. The van der Waals surface area contributed by atoms with E-state index in [1.54, 1.807) is 49.0 Å². The predicted octanol–water partition coefficient (Wildman–Crippen LogP) is 5.98. The third kappa shape index (κ3) is 7.77. The second kappa shape index (κ2) is 11.7. The summed E-state index contributed by atoms with van der Waals surface area (Å²) in [4.78, 5) is 24.6. The molecular weight excluding hydrogens is 454 g/mol. The number of hydrazone groups is 1. The van der Waals surface area contributed by atoms with Gasteiger partial charge < -0.3 is 5.32 Å². The number of thioether (sulfide) groups is 1. The minimum atomic E-state index is -0.252. The zero-order chi connectivity index (χ0) is 23.8. The summed E-state index contributed by atoms with van der Waals surface area (Å²) >= 11 is 7.51. The van der Waals surface area contributed by atoms with Crippen molar-refractivity contribution in [2.75, 3.05) is 11.1 Å². The van der Waals surface area contributed by atoms with E-state index < -0.39 is 0 Å². The van der Waals surface area contributed by atoms with E-state index in [0.29, 0.717) is 27.7 Å². The Hall–Kier alpha value is -3.09. The smallest absolute Gasteiger partial charge is 0.255 e. The first-order chi connectivity index (χ1) is 15.8. The maximum atomic E-state index is 12.4. The van der Waals surface area contributed by atoms with Gasteiger partial charge in [-0.1, -0.05) is 59.1 Å². The van der Waals surface area contributed by atoms with Crippen LogP contribution in [0.25, 0.3) is 0 Å². The van der Waals surface area contributed by atoms with E-state index in [1.165, 1.54) is 16.7 Å². The van der Waals surface area contributed by atoms with Crippen molar-refractivity contribution in [1.29, 1.82) is 0 Å². The van der Waals surface area contributed by atoms with Crippen molar-refractivity contribution < 1.29 is 9.59 Å². The molecule has 0 atom stereocenters. The van der Waals surface area contributed by atoms with Crippen molar-refractivity contribution in [2.45, 2.75) is 26.5 Å². The van der Waals surface area contributed by atoms with Crippen LogP contribution in [0.1, 0.15) is 39.5 Å². The molecule has 0 aliphatic rings. The van der Waals surface area contributed by atoms with Gasteiger partial charge in [0.1, 0.15) is 0 Å². The van der Waals surface area contributed by atoms with Gasteiger partial charge in [0.25, 0.3) is 5.91 Å².